The minimum absolute atomic E-state index is 0.0623. The van der Waals surface area contributed by atoms with E-state index in [1.54, 1.807) is 24.8 Å². The van der Waals surface area contributed by atoms with Crippen molar-refractivity contribution in [2.45, 2.75) is 39.7 Å². The first-order chi connectivity index (χ1) is 22.4. The summed E-state index contributed by atoms with van der Waals surface area (Å²) in [6.45, 7) is 6.94. The molecule has 0 bridgehead atoms. The number of aromatic nitrogens is 7. The summed E-state index contributed by atoms with van der Waals surface area (Å²) in [5.74, 6) is 0.363. The summed E-state index contributed by atoms with van der Waals surface area (Å²) in [5, 5.41) is 11.3. The van der Waals surface area contributed by atoms with Gasteiger partial charge in [-0.15, -0.1) is 0 Å². The number of anilines is 1. The number of benzene rings is 1. The molecule has 3 N–H and O–H groups in total. The third-order valence-electron chi connectivity index (χ3n) is 7.98. The van der Waals surface area contributed by atoms with E-state index in [1.165, 1.54) is 25.0 Å². The van der Waals surface area contributed by atoms with E-state index in [9.17, 15) is 9.18 Å². The van der Waals surface area contributed by atoms with E-state index in [1.807, 2.05) is 38.1 Å². The average molecular weight is 620 g/mol. The molecule has 234 valence electrons. The van der Waals surface area contributed by atoms with Gasteiger partial charge in [-0.25, -0.2) is 14.4 Å². The average Bonchev–Trinajstić information content (AvgIpc) is 3.80. The molecule has 0 spiro atoms. The van der Waals surface area contributed by atoms with E-state index >= 15 is 0 Å². The molecule has 1 fully saturated rings. The van der Waals surface area contributed by atoms with Crippen LogP contribution in [0.5, 0.6) is 0 Å². The molecule has 6 aromatic rings. The molecule has 1 saturated heterocycles. The molecule has 11 nitrogen and oxygen atoms in total. The fourth-order valence-electron chi connectivity index (χ4n) is 5.84. The van der Waals surface area contributed by atoms with Crippen molar-refractivity contribution in [3.63, 3.8) is 0 Å². The predicted octanol–water partition coefficient (Wildman–Crippen LogP) is 6.32. The molecule has 0 radical (unpaired) electrons. The number of imidazole rings is 1. The molecule has 0 unspecified atom stereocenters. The van der Waals surface area contributed by atoms with Crippen molar-refractivity contribution in [3.05, 3.63) is 72.6 Å². The number of rotatable bonds is 10. The lowest BCUT2D eigenvalue weighted by atomic mass is 10.0. The molecule has 0 aliphatic carbocycles. The van der Waals surface area contributed by atoms with E-state index in [2.05, 4.69) is 40.3 Å². The number of hydrogen-bond acceptors (Lipinski definition) is 8. The van der Waals surface area contributed by atoms with E-state index in [0.717, 1.165) is 40.7 Å². The first-order valence-corrected chi connectivity index (χ1v) is 15.4. The number of aromatic amines is 2. The highest BCUT2D eigenvalue weighted by Crippen LogP contribution is 2.33. The third kappa shape index (κ3) is 6.35. The van der Waals surface area contributed by atoms with Gasteiger partial charge in [-0.3, -0.25) is 24.8 Å². The maximum Gasteiger partial charge on any atom is 0.224 e. The number of fused-ring (bicyclic) bond motifs is 2. The second-order valence-corrected chi connectivity index (χ2v) is 12.1. The summed E-state index contributed by atoms with van der Waals surface area (Å²) in [7, 11) is 0. The number of pyridine rings is 3. The van der Waals surface area contributed by atoms with Gasteiger partial charge in [-0.1, -0.05) is 13.8 Å². The summed E-state index contributed by atoms with van der Waals surface area (Å²) in [5.41, 5.74) is 6.73. The zero-order valence-electron chi connectivity index (χ0n) is 25.7. The van der Waals surface area contributed by atoms with Crippen molar-refractivity contribution in [1.29, 1.82) is 0 Å². The number of ether oxygens (including phenoxy) is 1. The number of carbonyl (C=O) groups is 1. The first-order valence-electron chi connectivity index (χ1n) is 15.4. The highest BCUT2D eigenvalue weighted by atomic mass is 19.1. The minimum Gasteiger partial charge on any atom is -0.361 e. The standard InChI is InChI=1S/C34H34FN9O2/c1-20(2)9-30(45)39-25-13-23(15-36-16-25)28-14-27-29(17-38-28)42-43-32(27)34-40-31-26(5-6-37-33(31)41-34)22-10-21(11-24(35)12-22)18-46-19-44-7-3-4-8-44/h5-6,10-17,20H,3-4,7-9,18-19H2,1-2H3,(H,39,45)(H,42,43)(H,37,40,41). The van der Waals surface area contributed by atoms with Crippen LogP contribution in [0.15, 0.2) is 61.2 Å². The molecule has 0 atom stereocenters. The van der Waals surface area contributed by atoms with Crippen molar-refractivity contribution < 1.29 is 13.9 Å². The Balaban J connectivity index is 1.18. The zero-order valence-corrected chi connectivity index (χ0v) is 25.7. The van der Waals surface area contributed by atoms with Crippen LogP contribution < -0.4 is 5.32 Å². The molecule has 1 aromatic carbocycles. The monoisotopic (exact) mass is 619 g/mol. The summed E-state index contributed by atoms with van der Waals surface area (Å²) >= 11 is 0. The van der Waals surface area contributed by atoms with Crippen molar-refractivity contribution in [3.8, 4) is 33.9 Å². The van der Waals surface area contributed by atoms with Gasteiger partial charge in [-0.2, -0.15) is 5.10 Å². The van der Waals surface area contributed by atoms with Crippen LogP contribution >= 0.6 is 0 Å². The van der Waals surface area contributed by atoms with E-state index < -0.39 is 0 Å². The Kier molecular flexibility index (Phi) is 8.20. The second-order valence-electron chi connectivity index (χ2n) is 12.1. The van der Waals surface area contributed by atoms with Crippen molar-refractivity contribution >= 4 is 33.7 Å². The van der Waals surface area contributed by atoms with Gasteiger partial charge in [0.25, 0.3) is 0 Å². The maximum absolute atomic E-state index is 14.8. The Labute approximate surface area is 264 Å². The van der Waals surface area contributed by atoms with Crippen molar-refractivity contribution in [1.82, 2.24) is 40.0 Å². The topological polar surface area (TPSA) is 138 Å². The van der Waals surface area contributed by atoms with Crippen LogP contribution in [0.4, 0.5) is 10.1 Å². The van der Waals surface area contributed by atoms with Gasteiger partial charge in [0.2, 0.25) is 5.91 Å². The minimum atomic E-state index is -0.335. The van der Waals surface area contributed by atoms with Crippen LogP contribution in [0.25, 0.3) is 56.0 Å². The van der Waals surface area contributed by atoms with Crippen LogP contribution in [0.3, 0.4) is 0 Å². The lowest BCUT2D eigenvalue weighted by Gasteiger charge is -2.15. The number of nitrogens with zero attached hydrogens (tertiary/aromatic N) is 6. The molecule has 1 amide bonds. The number of nitrogens with one attached hydrogen (secondary N) is 3. The summed E-state index contributed by atoms with van der Waals surface area (Å²) in [6, 6.07) is 10.6. The fraction of sp³-hybridized carbons (Fsp3) is 0.294. The van der Waals surface area contributed by atoms with E-state index in [4.69, 9.17) is 9.72 Å². The Morgan fingerprint density at radius 3 is 2.78 bits per heavy atom. The zero-order chi connectivity index (χ0) is 31.6. The van der Waals surface area contributed by atoms with Gasteiger partial charge >= 0.3 is 0 Å². The highest BCUT2D eigenvalue weighted by molar-refractivity contribution is 5.97. The van der Waals surface area contributed by atoms with E-state index in [-0.39, 0.29) is 17.6 Å². The maximum atomic E-state index is 14.8. The third-order valence-corrected chi connectivity index (χ3v) is 7.98. The second kappa shape index (κ2) is 12.7. The van der Waals surface area contributed by atoms with Gasteiger partial charge in [0.1, 0.15) is 11.5 Å². The largest absolute Gasteiger partial charge is 0.361 e. The SMILES string of the molecule is CC(C)CC(=O)Nc1cncc(-c2cc3c(-c4nc5nccc(-c6cc(F)cc(COCN7CCCC7)c6)c5[nH]4)n[nH]c3cn2)c1. The molecule has 1 aliphatic heterocycles. The number of likely N-dealkylation sites (tertiary alicyclic amines) is 1. The molecule has 46 heavy (non-hydrogen) atoms. The Hall–Kier alpha value is -5.07. The molecule has 0 saturated carbocycles. The van der Waals surface area contributed by atoms with Gasteiger partial charge < -0.3 is 15.0 Å². The van der Waals surface area contributed by atoms with Gasteiger partial charge in [0, 0.05) is 48.4 Å². The lowest BCUT2D eigenvalue weighted by molar-refractivity contribution is -0.116. The van der Waals surface area contributed by atoms with Crippen LogP contribution in [0, 0.1) is 11.7 Å². The number of amides is 1. The van der Waals surface area contributed by atoms with Crippen LogP contribution in [-0.4, -0.2) is 65.7 Å². The molecule has 12 heteroatoms. The Morgan fingerprint density at radius 2 is 1.93 bits per heavy atom. The van der Waals surface area contributed by atoms with Crippen molar-refractivity contribution in [2.24, 2.45) is 5.92 Å². The number of H-pyrrole nitrogens is 2. The van der Waals surface area contributed by atoms with Crippen molar-refractivity contribution in [2.75, 3.05) is 25.1 Å². The quantitative estimate of drug-likeness (QED) is 0.162. The first kappa shape index (κ1) is 29.6. The Bertz CT molecular complexity index is 2030. The van der Waals surface area contributed by atoms with E-state index in [0.29, 0.717) is 59.4 Å². The summed E-state index contributed by atoms with van der Waals surface area (Å²) < 4.78 is 20.7. The van der Waals surface area contributed by atoms with Gasteiger partial charge in [-0.05, 0) is 66.3 Å². The normalized spacial score (nSPS) is 13.7. The van der Waals surface area contributed by atoms with Crippen LogP contribution in [-0.2, 0) is 16.1 Å². The predicted molar refractivity (Wildman–Crippen MR) is 174 cm³/mol. The molecular weight excluding hydrogens is 585 g/mol. The molecule has 7 rings (SSSR count). The van der Waals surface area contributed by atoms with Gasteiger partial charge in [0.15, 0.2) is 11.5 Å². The summed E-state index contributed by atoms with van der Waals surface area (Å²) in [4.78, 5) is 36.1. The molecular formula is C34H34FN9O2. The van der Waals surface area contributed by atoms with Gasteiger partial charge in [0.05, 0.1) is 48.1 Å². The Morgan fingerprint density at radius 1 is 1.07 bits per heavy atom. The lowest BCUT2D eigenvalue weighted by Crippen LogP contribution is -2.22. The van der Waals surface area contributed by atoms with Crippen LogP contribution in [0.2, 0.25) is 0 Å². The smallest absolute Gasteiger partial charge is 0.224 e. The highest BCUT2D eigenvalue weighted by Gasteiger charge is 2.18. The van der Waals surface area contributed by atoms with Crippen LogP contribution in [0.1, 0.15) is 38.7 Å². The fourth-order valence-corrected chi connectivity index (χ4v) is 5.84. The number of halogens is 1. The molecule has 5 aromatic heterocycles. The molecule has 1 aliphatic rings. The molecule has 6 heterocycles. The number of hydrogen-bond donors (Lipinski definition) is 3. The summed E-state index contributed by atoms with van der Waals surface area (Å²) in [6.07, 6.45) is 9.50. The number of carbonyl (C=O) groups excluding carboxylic acids is 1.